The SMILES string of the molecule is C/C=C\C=C(/C)N1C(=O)C=C(C)C1=O. The van der Waals surface area contributed by atoms with Crippen LogP contribution in [-0.2, 0) is 9.59 Å². The van der Waals surface area contributed by atoms with Gasteiger partial charge in [-0.15, -0.1) is 0 Å². The minimum absolute atomic E-state index is 0.228. The lowest BCUT2D eigenvalue weighted by Gasteiger charge is -2.13. The molecule has 0 radical (unpaired) electrons. The van der Waals surface area contributed by atoms with Crippen molar-refractivity contribution in [3.8, 4) is 0 Å². The van der Waals surface area contributed by atoms with E-state index < -0.39 is 0 Å². The highest BCUT2D eigenvalue weighted by Gasteiger charge is 2.28. The highest BCUT2D eigenvalue weighted by molar-refractivity contribution is 6.17. The number of amides is 2. The van der Waals surface area contributed by atoms with Crippen LogP contribution in [0.1, 0.15) is 20.8 Å². The molecule has 0 spiro atoms. The Morgan fingerprint density at radius 2 is 2.07 bits per heavy atom. The topological polar surface area (TPSA) is 37.4 Å². The first-order valence-corrected chi connectivity index (χ1v) is 4.44. The van der Waals surface area contributed by atoms with Gasteiger partial charge in [-0.3, -0.25) is 9.59 Å². The van der Waals surface area contributed by atoms with Crippen LogP contribution in [0.15, 0.2) is 35.6 Å². The molecule has 74 valence electrons. The molecule has 0 atom stereocenters. The molecule has 0 saturated carbocycles. The number of carbonyl (C=O) groups is 2. The van der Waals surface area contributed by atoms with Crippen molar-refractivity contribution in [2.75, 3.05) is 0 Å². The van der Waals surface area contributed by atoms with E-state index in [-0.39, 0.29) is 11.8 Å². The van der Waals surface area contributed by atoms with E-state index >= 15 is 0 Å². The van der Waals surface area contributed by atoms with Crippen molar-refractivity contribution in [3.05, 3.63) is 35.6 Å². The number of carbonyl (C=O) groups excluding carboxylic acids is 2. The van der Waals surface area contributed by atoms with Crippen molar-refractivity contribution >= 4 is 11.8 Å². The Hall–Kier alpha value is -1.64. The summed E-state index contributed by atoms with van der Waals surface area (Å²) in [5.74, 6) is -0.487. The van der Waals surface area contributed by atoms with E-state index in [1.54, 1.807) is 26.0 Å². The quantitative estimate of drug-likeness (QED) is 0.493. The first kappa shape index (κ1) is 10.4. The maximum Gasteiger partial charge on any atom is 0.260 e. The minimum atomic E-state index is -0.259. The van der Waals surface area contributed by atoms with Gasteiger partial charge >= 0.3 is 0 Å². The Morgan fingerprint density at radius 3 is 2.50 bits per heavy atom. The van der Waals surface area contributed by atoms with Crippen LogP contribution in [0.5, 0.6) is 0 Å². The number of imide groups is 1. The van der Waals surface area contributed by atoms with Crippen LogP contribution in [0, 0.1) is 0 Å². The predicted octanol–water partition coefficient (Wildman–Crippen LogP) is 1.78. The maximum absolute atomic E-state index is 11.5. The third-order valence-corrected chi connectivity index (χ3v) is 1.98. The zero-order valence-electron chi connectivity index (χ0n) is 8.57. The lowest BCUT2D eigenvalue weighted by Crippen LogP contribution is -2.28. The van der Waals surface area contributed by atoms with Crippen LogP contribution in [0.3, 0.4) is 0 Å². The Labute approximate surface area is 83.4 Å². The highest BCUT2D eigenvalue weighted by atomic mass is 16.2. The van der Waals surface area contributed by atoms with Gasteiger partial charge in [0.1, 0.15) is 0 Å². The molecule has 0 unspecified atom stereocenters. The second-order valence-corrected chi connectivity index (χ2v) is 3.14. The average molecular weight is 191 g/mol. The zero-order valence-corrected chi connectivity index (χ0v) is 8.57. The minimum Gasteiger partial charge on any atom is -0.269 e. The largest absolute Gasteiger partial charge is 0.269 e. The summed E-state index contributed by atoms with van der Waals surface area (Å²) in [4.78, 5) is 24.0. The standard InChI is InChI=1S/C11H13NO2/c1-4-5-6-9(3)12-10(13)7-8(2)11(12)14/h4-7H,1-3H3/b5-4-,9-6+. The van der Waals surface area contributed by atoms with Crippen molar-refractivity contribution in [3.63, 3.8) is 0 Å². The molecular weight excluding hydrogens is 178 g/mol. The van der Waals surface area contributed by atoms with Gasteiger partial charge < -0.3 is 0 Å². The molecule has 2 amide bonds. The predicted molar refractivity (Wildman–Crippen MR) is 54.2 cm³/mol. The van der Waals surface area contributed by atoms with Crippen molar-refractivity contribution in [1.82, 2.24) is 4.90 Å². The van der Waals surface area contributed by atoms with Crippen LogP contribution < -0.4 is 0 Å². The van der Waals surface area contributed by atoms with Gasteiger partial charge in [-0.2, -0.15) is 0 Å². The summed E-state index contributed by atoms with van der Waals surface area (Å²) in [6.07, 6.45) is 6.73. The maximum atomic E-state index is 11.5. The molecule has 0 aromatic rings. The molecule has 0 aromatic carbocycles. The second-order valence-electron chi connectivity index (χ2n) is 3.14. The van der Waals surface area contributed by atoms with Crippen molar-refractivity contribution in [1.29, 1.82) is 0 Å². The average Bonchev–Trinajstić information content (AvgIpc) is 2.38. The first-order chi connectivity index (χ1) is 6.57. The van der Waals surface area contributed by atoms with E-state index in [0.29, 0.717) is 11.3 Å². The van der Waals surface area contributed by atoms with E-state index in [4.69, 9.17) is 0 Å². The summed E-state index contributed by atoms with van der Waals surface area (Å²) < 4.78 is 0. The molecule has 0 bridgehead atoms. The normalized spacial score (nSPS) is 18.4. The zero-order chi connectivity index (χ0) is 10.7. The fourth-order valence-corrected chi connectivity index (χ4v) is 1.23. The number of hydrogen-bond acceptors (Lipinski definition) is 2. The van der Waals surface area contributed by atoms with Crippen LogP contribution in [0.4, 0.5) is 0 Å². The summed E-state index contributed by atoms with van der Waals surface area (Å²) >= 11 is 0. The molecule has 3 heteroatoms. The fraction of sp³-hybridized carbons (Fsp3) is 0.273. The summed E-state index contributed by atoms with van der Waals surface area (Å²) in [7, 11) is 0. The summed E-state index contributed by atoms with van der Waals surface area (Å²) in [5.41, 5.74) is 1.13. The number of allylic oxidation sites excluding steroid dienone is 4. The lowest BCUT2D eigenvalue weighted by atomic mass is 10.3. The molecule has 0 aliphatic carbocycles. The Kier molecular flexibility index (Phi) is 3.02. The third-order valence-electron chi connectivity index (χ3n) is 1.98. The summed E-state index contributed by atoms with van der Waals surface area (Å²) in [6.45, 7) is 5.26. The molecule has 1 aliphatic heterocycles. The van der Waals surface area contributed by atoms with Gasteiger partial charge in [-0.25, -0.2) is 4.90 Å². The number of nitrogens with zero attached hydrogens (tertiary/aromatic N) is 1. The van der Waals surface area contributed by atoms with Gasteiger partial charge in [0.05, 0.1) is 0 Å². The molecule has 1 heterocycles. The van der Waals surface area contributed by atoms with Crippen LogP contribution >= 0.6 is 0 Å². The van der Waals surface area contributed by atoms with Gasteiger partial charge in [0.25, 0.3) is 11.8 Å². The van der Waals surface area contributed by atoms with Gasteiger partial charge in [-0.05, 0) is 26.8 Å². The first-order valence-electron chi connectivity index (χ1n) is 4.44. The molecule has 14 heavy (non-hydrogen) atoms. The monoisotopic (exact) mass is 191 g/mol. The van der Waals surface area contributed by atoms with E-state index in [1.165, 1.54) is 11.0 Å². The molecule has 0 saturated heterocycles. The molecule has 0 fully saturated rings. The summed E-state index contributed by atoms with van der Waals surface area (Å²) in [5, 5.41) is 0. The second kappa shape index (κ2) is 4.05. The van der Waals surface area contributed by atoms with E-state index in [2.05, 4.69) is 0 Å². The molecule has 0 aromatic heterocycles. The Morgan fingerprint density at radius 1 is 1.43 bits per heavy atom. The van der Waals surface area contributed by atoms with Crippen molar-refractivity contribution in [2.45, 2.75) is 20.8 Å². The van der Waals surface area contributed by atoms with Crippen LogP contribution in [0.2, 0.25) is 0 Å². The number of rotatable bonds is 2. The lowest BCUT2D eigenvalue weighted by molar-refractivity contribution is -0.134. The highest BCUT2D eigenvalue weighted by Crippen LogP contribution is 2.17. The van der Waals surface area contributed by atoms with Gasteiger partial charge in [-0.1, -0.05) is 12.2 Å². The summed E-state index contributed by atoms with van der Waals surface area (Å²) in [6, 6.07) is 0. The molecular formula is C11H13NO2. The molecule has 1 aliphatic rings. The third kappa shape index (κ3) is 1.82. The van der Waals surface area contributed by atoms with Gasteiger partial charge in [0, 0.05) is 17.3 Å². The molecule has 1 rings (SSSR count). The Balaban J connectivity index is 2.92. The van der Waals surface area contributed by atoms with Crippen LogP contribution in [0.25, 0.3) is 0 Å². The van der Waals surface area contributed by atoms with Crippen LogP contribution in [-0.4, -0.2) is 16.7 Å². The number of hydrogen-bond donors (Lipinski definition) is 0. The van der Waals surface area contributed by atoms with Crippen molar-refractivity contribution < 1.29 is 9.59 Å². The van der Waals surface area contributed by atoms with E-state index in [1.807, 2.05) is 13.0 Å². The smallest absolute Gasteiger partial charge is 0.260 e. The fourth-order valence-electron chi connectivity index (χ4n) is 1.23. The van der Waals surface area contributed by atoms with Gasteiger partial charge in [0.15, 0.2) is 0 Å². The molecule has 3 nitrogen and oxygen atoms in total. The molecule has 0 N–H and O–H groups in total. The van der Waals surface area contributed by atoms with Gasteiger partial charge in [0.2, 0.25) is 0 Å². The van der Waals surface area contributed by atoms with Crippen molar-refractivity contribution in [2.24, 2.45) is 0 Å². The van der Waals surface area contributed by atoms with E-state index in [9.17, 15) is 9.59 Å². The Bertz CT molecular complexity index is 361. The van der Waals surface area contributed by atoms with E-state index in [0.717, 1.165) is 0 Å².